The number of hydrazone groups is 1. The zero-order valence-electron chi connectivity index (χ0n) is 16.2. The highest BCUT2D eigenvalue weighted by Gasteiger charge is 2.13. The Morgan fingerprint density at radius 1 is 1.03 bits per heavy atom. The molecule has 152 valence electrons. The Kier molecular flexibility index (Phi) is 5.92. The van der Waals surface area contributed by atoms with Gasteiger partial charge in [0.05, 0.1) is 12.8 Å². The second-order valence-corrected chi connectivity index (χ2v) is 7.35. The third kappa shape index (κ3) is 4.42. The fraction of sp³-hybridized carbons (Fsp3) is 0.130. The molecule has 0 saturated heterocycles. The van der Waals surface area contributed by atoms with Crippen LogP contribution in [0.1, 0.15) is 5.56 Å². The predicted octanol–water partition coefficient (Wildman–Crippen LogP) is 3.40. The number of nitrogens with two attached hydrogens (primary N) is 1. The van der Waals surface area contributed by atoms with Gasteiger partial charge in [0.2, 0.25) is 0 Å². The van der Waals surface area contributed by atoms with Gasteiger partial charge >= 0.3 is 0 Å². The van der Waals surface area contributed by atoms with Gasteiger partial charge in [0, 0.05) is 21.8 Å². The van der Waals surface area contributed by atoms with E-state index in [1.54, 1.807) is 6.21 Å². The van der Waals surface area contributed by atoms with Gasteiger partial charge in [0.1, 0.15) is 18.5 Å². The number of nitrogens with zero attached hydrogens (tertiary/aromatic N) is 2. The highest BCUT2D eigenvalue weighted by atomic mass is 32.1. The first kappa shape index (κ1) is 19.9. The lowest BCUT2D eigenvalue weighted by Crippen LogP contribution is -2.24. The zero-order chi connectivity index (χ0) is 20.9. The minimum Gasteiger partial charge on any atom is -0.491 e. The molecule has 0 aliphatic carbocycles. The van der Waals surface area contributed by atoms with E-state index in [1.165, 1.54) is 10.8 Å². The fourth-order valence-electron chi connectivity index (χ4n) is 3.48. The lowest BCUT2D eigenvalue weighted by Gasteiger charge is -2.15. The number of thiocarbonyl (C=S) groups is 1. The highest BCUT2D eigenvalue weighted by molar-refractivity contribution is 7.80. The van der Waals surface area contributed by atoms with Gasteiger partial charge in [0.25, 0.3) is 0 Å². The summed E-state index contributed by atoms with van der Waals surface area (Å²) in [7, 11) is 0. The first-order valence-corrected chi connectivity index (χ1v) is 9.98. The van der Waals surface area contributed by atoms with Gasteiger partial charge in [-0.1, -0.05) is 36.4 Å². The lowest BCUT2D eigenvalue weighted by atomic mass is 10.2. The van der Waals surface area contributed by atoms with E-state index in [0.717, 1.165) is 16.6 Å². The molecule has 0 fully saturated rings. The standard InChI is InChI=1S/C23H22N4O2S/c24-23(30)26-25-13-16-9-11-18(12-10-16)29-15-17(28)14-27-21-7-3-1-5-19(21)20-6-2-4-8-22(20)27/h1-13,17,28H,14-15H2,(H3,24,26,30)/b25-13+. The van der Waals surface area contributed by atoms with Crippen LogP contribution in [-0.4, -0.2) is 33.7 Å². The van der Waals surface area contributed by atoms with Crippen LogP contribution in [0.15, 0.2) is 77.9 Å². The molecule has 0 spiro atoms. The molecule has 0 bridgehead atoms. The maximum absolute atomic E-state index is 10.6. The Hall–Kier alpha value is -3.42. The molecule has 4 aromatic rings. The van der Waals surface area contributed by atoms with Gasteiger partial charge in [-0.2, -0.15) is 5.10 Å². The van der Waals surface area contributed by atoms with Crippen molar-refractivity contribution >= 4 is 45.4 Å². The maximum Gasteiger partial charge on any atom is 0.184 e. The van der Waals surface area contributed by atoms with Crippen molar-refractivity contribution in [3.05, 3.63) is 78.4 Å². The van der Waals surface area contributed by atoms with Crippen LogP contribution in [0, 0.1) is 0 Å². The molecular formula is C23H22N4O2S. The number of ether oxygens (including phenoxy) is 1. The summed E-state index contributed by atoms with van der Waals surface area (Å²) in [5.74, 6) is 0.677. The van der Waals surface area contributed by atoms with E-state index >= 15 is 0 Å². The van der Waals surface area contributed by atoms with Gasteiger partial charge in [0.15, 0.2) is 5.11 Å². The monoisotopic (exact) mass is 418 g/mol. The average molecular weight is 419 g/mol. The summed E-state index contributed by atoms with van der Waals surface area (Å²) in [4.78, 5) is 0. The number of aliphatic hydroxyl groups excluding tert-OH is 1. The average Bonchev–Trinajstić information content (AvgIpc) is 3.07. The molecule has 0 radical (unpaired) electrons. The Morgan fingerprint density at radius 2 is 1.63 bits per heavy atom. The molecule has 0 amide bonds. The molecule has 0 aliphatic rings. The van der Waals surface area contributed by atoms with Crippen LogP contribution in [0.25, 0.3) is 21.8 Å². The summed E-state index contributed by atoms with van der Waals surface area (Å²) >= 11 is 4.69. The Balaban J connectivity index is 1.42. The van der Waals surface area contributed by atoms with Crippen LogP contribution in [0.5, 0.6) is 5.75 Å². The molecular weight excluding hydrogens is 396 g/mol. The molecule has 7 heteroatoms. The molecule has 1 aromatic heterocycles. The van der Waals surface area contributed by atoms with E-state index in [-0.39, 0.29) is 11.7 Å². The van der Waals surface area contributed by atoms with Gasteiger partial charge in [-0.3, -0.25) is 5.43 Å². The number of para-hydroxylation sites is 2. The number of rotatable bonds is 7. The molecule has 30 heavy (non-hydrogen) atoms. The second kappa shape index (κ2) is 8.94. The van der Waals surface area contributed by atoms with Crippen LogP contribution in [0.3, 0.4) is 0 Å². The van der Waals surface area contributed by atoms with Crippen molar-refractivity contribution in [2.75, 3.05) is 6.61 Å². The first-order chi connectivity index (χ1) is 14.6. The Labute approximate surface area is 179 Å². The second-order valence-electron chi connectivity index (χ2n) is 6.91. The Morgan fingerprint density at radius 3 is 2.23 bits per heavy atom. The van der Waals surface area contributed by atoms with Gasteiger partial charge in [-0.15, -0.1) is 0 Å². The lowest BCUT2D eigenvalue weighted by molar-refractivity contribution is 0.0945. The van der Waals surface area contributed by atoms with E-state index in [1.807, 2.05) is 48.5 Å². The minimum atomic E-state index is -0.653. The summed E-state index contributed by atoms with van der Waals surface area (Å²) < 4.78 is 7.92. The summed E-state index contributed by atoms with van der Waals surface area (Å²) in [6.07, 6.45) is 0.959. The summed E-state index contributed by atoms with van der Waals surface area (Å²) in [6.45, 7) is 0.640. The van der Waals surface area contributed by atoms with Crippen LogP contribution < -0.4 is 15.9 Å². The van der Waals surface area contributed by atoms with E-state index in [0.29, 0.717) is 12.3 Å². The number of hydrogen-bond acceptors (Lipinski definition) is 4. The van der Waals surface area contributed by atoms with Crippen molar-refractivity contribution in [1.82, 2.24) is 9.99 Å². The fourth-order valence-corrected chi connectivity index (χ4v) is 3.53. The van der Waals surface area contributed by atoms with E-state index in [4.69, 9.17) is 22.7 Å². The molecule has 1 atom stereocenters. The predicted molar refractivity (Wildman–Crippen MR) is 125 cm³/mol. The molecule has 0 aliphatic heterocycles. The summed E-state index contributed by atoms with van der Waals surface area (Å²) in [6, 6.07) is 23.9. The number of nitrogens with one attached hydrogen (secondary N) is 1. The minimum absolute atomic E-state index is 0.114. The quantitative estimate of drug-likeness (QED) is 0.243. The van der Waals surface area contributed by atoms with Crippen LogP contribution in [0.4, 0.5) is 0 Å². The number of aromatic nitrogens is 1. The molecule has 4 rings (SSSR count). The number of aliphatic hydroxyl groups is 1. The highest BCUT2D eigenvalue weighted by Crippen LogP contribution is 2.28. The molecule has 1 unspecified atom stereocenters. The van der Waals surface area contributed by atoms with Crippen molar-refractivity contribution in [1.29, 1.82) is 0 Å². The zero-order valence-corrected chi connectivity index (χ0v) is 17.0. The van der Waals surface area contributed by atoms with Crippen LogP contribution in [0.2, 0.25) is 0 Å². The topological polar surface area (TPSA) is 84.8 Å². The normalized spacial score (nSPS) is 12.4. The molecule has 1 heterocycles. The third-order valence-electron chi connectivity index (χ3n) is 4.78. The third-order valence-corrected chi connectivity index (χ3v) is 4.88. The maximum atomic E-state index is 10.6. The van der Waals surface area contributed by atoms with E-state index < -0.39 is 6.10 Å². The first-order valence-electron chi connectivity index (χ1n) is 9.57. The summed E-state index contributed by atoms with van der Waals surface area (Å²) in [5, 5.41) is 17.0. The van der Waals surface area contributed by atoms with Gasteiger partial charge in [-0.25, -0.2) is 0 Å². The smallest absolute Gasteiger partial charge is 0.184 e. The molecule has 4 N–H and O–H groups in total. The molecule has 0 saturated carbocycles. The van der Waals surface area contributed by atoms with Crippen molar-refractivity contribution in [2.45, 2.75) is 12.6 Å². The van der Waals surface area contributed by atoms with Crippen molar-refractivity contribution in [2.24, 2.45) is 10.8 Å². The molecule has 3 aromatic carbocycles. The number of fused-ring (bicyclic) bond motifs is 3. The Bertz CT molecular complexity index is 1150. The van der Waals surface area contributed by atoms with Gasteiger partial charge in [-0.05, 0) is 54.2 Å². The van der Waals surface area contributed by atoms with Crippen LogP contribution in [-0.2, 0) is 6.54 Å². The van der Waals surface area contributed by atoms with E-state index in [9.17, 15) is 5.11 Å². The van der Waals surface area contributed by atoms with Crippen molar-refractivity contribution in [3.8, 4) is 5.75 Å². The largest absolute Gasteiger partial charge is 0.491 e. The number of benzene rings is 3. The van der Waals surface area contributed by atoms with Crippen LogP contribution >= 0.6 is 12.2 Å². The van der Waals surface area contributed by atoms with Gasteiger partial charge < -0.3 is 20.1 Å². The van der Waals surface area contributed by atoms with E-state index in [2.05, 4.69) is 39.4 Å². The SMILES string of the molecule is NC(=S)N/N=C/c1ccc(OCC(O)Cn2c3ccccc3c3ccccc32)cc1. The molecule has 6 nitrogen and oxygen atoms in total. The summed E-state index contributed by atoms with van der Waals surface area (Å²) in [5.41, 5.74) is 10.9. The van der Waals surface area contributed by atoms with Crippen molar-refractivity contribution in [3.63, 3.8) is 0 Å². The number of hydrogen-bond donors (Lipinski definition) is 3. The van der Waals surface area contributed by atoms with Crippen molar-refractivity contribution < 1.29 is 9.84 Å².